The Bertz CT molecular complexity index is 666. The van der Waals surface area contributed by atoms with Gasteiger partial charge in [-0.15, -0.1) is 0 Å². The zero-order chi connectivity index (χ0) is 31.4. The predicted molar refractivity (Wildman–Crippen MR) is 179 cm³/mol. The van der Waals surface area contributed by atoms with Gasteiger partial charge >= 0.3 is 0 Å². The molecule has 1 aromatic rings. The molecule has 3 fully saturated rings. The van der Waals surface area contributed by atoms with Gasteiger partial charge in [-0.25, -0.2) is 4.98 Å². The Hall–Kier alpha value is -1.03. The molecule has 3 aliphatic rings. The lowest BCUT2D eigenvalue weighted by Crippen LogP contribution is -2.47. The van der Waals surface area contributed by atoms with Gasteiger partial charge in [0.1, 0.15) is 0 Å². The number of likely N-dealkylation sites (tertiary alicyclic amines) is 1. The summed E-state index contributed by atoms with van der Waals surface area (Å²) in [4.78, 5) is 16.0. The first kappa shape index (κ1) is 40.0. The Kier molecular flexibility index (Phi) is 22.8. The minimum absolute atomic E-state index is 0.539. The van der Waals surface area contributed by atoms with Gasteiger partial charge in [0.25, 0.3) is 0 Å². The van der Waals surface area contributed by atoms with Crippen LogP contribution in [-0.4, -0.2) is 145 Å². The van der Waals surface area contributed by atoms with E-state index in [4.69, 9.17) is 4.74 Å². The Labute approximate surface area is 256 Å². The van der Waals surface area contributed by atoms with Gasteiger partial charge < -0.3 is 24.0 Å². The Morgan fingerprint density at radius 1 is 0.610 bits per heavy atom. The van der Waals surface area contributed by atoms with Crippen LogP contribution in [0.4, 0.5) is 0 Å². The van der Waals surface area contributed by atoms with Crippen LogP contribution < -0.4 is 0 Å². The zero-order valence-corrected chi connectivity index (χ0v) is 29.6. The number of imidazole rings is 1. The first-order chi connectivity index (χ1) is 19.3. The van der Waals surface area contributed by atoms with E-state index in [0.29, 0.717) is 18.1 Å². The minimum Gasteiger partial charge on any atom is -0.379 e. The molecule has 41 heavy (non-hydrogen) atoms. The second kappa shape index (κ2) is 23.4. The number of ether oxygens (including phenoxy) is 1. The summed E-state index contributed by atoms with van der Waals surface area (Å²) in [7, 11) is 6.34. The third-order valence-electron chi connectivity index (χ3n) is 8.07. The molecule has 244 valence electrons. The van der Waals surface area contributed by atoms with Crippen molar-refractivity contribution in [3.05, 3.63) is 18.7 Å². The van der Waals surface area contributed by atoms with Crippen molar-refractivity contribution < 1.29 is 4.74 Å². The molecule has 8 heteroatoms. The highest BCUT2D eigenvalue weighted by Crippen LogP contribution is 2.10. The normalized spacial score (nSPS) is 19.0. The summed E-state index contributed by atoms with van der Waals surface area (Å²) in [6, 6.07) is 3.42. The van der Waals surface area contributed by atoms with Crippen LogP contribution >= 0.6 is 0 Å². The molecule has 4 rings (SSSR count). The summed E-state index contributed by atoms with van der Waals surface area (Å²) in [6.45, 7) is 33.8. The molecule has 0 amide bonds. The molecule has 4 heterocycles. The molecular formula is C33H71N7O. The van der Waals surface area contributed by atoms with E-state index in [-0.39, 0.29) is 0 Å². The number of hydrogen-bond acceptors (Lipinski definition) is 7. The molecule has 0 spiro atoms. The average molecular weight is 582 g/mol. The number of rotatable bonds is 5. The third kappa shape index (κ3) is 20.5. The van der Waals surface area contributed by atoms with E-state index < -0.39 is 0 Å². The van der Waals surface area contributed by atoms with Crippen LogP contribution in [0.5, 0.6) is 0 Å². The number of aromatic nitrogens is 2. The Morgan fingerprint density at radius 2 is 1.02 bits per heavy atom. The number of morpholine rings is 1. The quantitative estimate of drug-likeness (QED) is 0.469. The molecule has 0 radical (unpaired) electrons. The van der Waals surface area contributed by atoms with Gasteiger partial charge in [-0.05, 0) is 116 Å². The van der Waals surface area contributed by atoms with E-state index in [9.17, 15) is 0 Å². The van der Waals surface area contributed by atoms with Crippen molar-refractivity contribution in [3.8, 4) is 0 Å². The second-order valence-corrected chi connectivity index (χ2v) is 13.2. The maximum Gasteiger partial charge on any atom is 0.0948 e. The second-order valence-electron chi connectivity index (χ2n) is 13.2. The van der Waals surface area contributed by atoms with Gasteiger partial charge in [-0.1, -0.05) is 0 Å². The molecule has 8 nitrogen and oxygen atoms in total. The SMILES string of the molecule is CC(C)N(C)C.CC(C)N1CCCC1.CC(C)N1CCN(C)CC1.CC(C)N1CCOCC1.CC(C)n1ccnc1. The van der Waals surface area contributed by atoms with Crippen LogP contribution in [0.2, 0.25) is 0 Å². The molecule has 0 saturated carbocycles. The van der Waals surface area contributed by atoms with Crippen molar-refractivity contribution in [1.82, 2.24) is 34.1 Å². The molecule has 0 aliphatic carbocycles. The molecule has 0 unspecified atom stereocenters. The van der Waals surface area contributed by atoms with Crippen molar-refractivity contribution >= 4 is 0 Å². The van der Waals surface area contributed by atoms with E-state index in [1.165, 1.54) is 52.1 Å². The molecule has 0 atom stereocenters. The summed E-state index contributed by atoms with van der Waals surface area (Å²) in [5.74, 6) is 0. The monoisotopic (exact) mass is 582 g/mol. The largest absolute Gasteiger partial charge is 0.379 e. The molecule has 0 bridgehead atoms. The van der Waals surface area contributed by atoms with E-state index in [1.807, 2.05) is 12.5 Å². The summed E-state index contributed by atoms with van der Waals surface area (Å²) in [6.07, 6.45) is 8.41. The van der Waals surface area contributed by atoms with Crippen molar-refractivity contribution in [3.63, 3.8) is 0 Å². The van der Waals surface area contributed by atoms with Crippen LogP contribution in [0.3, 0.4) is 0 Å². The van der Waals surface area contributed by atoms with Gasteiger partial charge in [0, 0.05) is 81.9 Å². The highest BCUT2D eigenvalue weighted by atomic mass is 16.5. The van der Waals surface area contributed by atoms with Crippen molar-refractivity contribution in [1.29, 1.82) is 0 Å². The lowest BCUT2D eigenvalue weighted by Gasteiger charge is -2.34. The first-order valence-electron chi connectivity index (χ1n) is 16.4. The summed E-state index contributed by atoms with van der Waals surface area (Å²) >= 11 is 0. The Morgan fingerprint density at radius 3 is 1.29 bits per heavy atom. The standard InChI is InChI=1S/C8H18N2.C7H15NO.C7H15N.C6H10N2.C5H13N/c1-8(2)10-6-4-9(3)5-7-10;1-7(2)8-3-5-9-6-4-8;1-7(2)8-5-3-4-6-8;1-6(2)8-4-3-7-5-8;1-5(2)6(3)4/h8H,4-7H2,1-3H3;7H,3-6H2,1-2H3;7H,3-6H2,1-2H3;3-6H,1-2H3;5H,1-4H3. The van der Waals surface area contributed by atoms with E-state index in [1.54, 1.807) is 6.20 Å². The lowest BCUT2D eigenvalue weighted by molar-refractivity contribution is 0.0238. The highest BCUT2D eigenvalue weighted by molar-refractivity contribution is 4.76. The van der Waals surface area contributed by atoms with Gasteiger partial charge in [0.15, 0.2) is 0 Å². The third-order valence-corrected chi connectivity index (χ3v) is 8.07. The molecule has 3 aliphatic heterocycles. The van der Waals surface area contributed by atoms with Gasteiger partial charge in [0.2, 0.25) is 0 Å². The number of nitrogens with zero attached hydrogens (tertiary/aromatic N) is 7. The van der Waals surface area contributed by atoms with Crippen LogP contribution in [-0.2, 0) is 4.74 Å². The van der Waals surface area contributed by atoms with Crippen LogP contribution in [0.1, 0.15) is 88.1 Å². The van der Waals surface area contributed by atoms with Gasteiger partial charge in [-0.2, -0.15) is 0 Å². The topological polar surface area (TPSA) is 43.2 Å². The number of hydrogen-bond donors (Lipinski definition) is 0. The van der Waals surface area contributed by atoms with Crippen LogP contribution in [0.25, 0.3) is 0 Å². The maximum atomic E-state index is 5.21. The van der Waals surface area contributed by atoms with Crippen molar-refractivity contribution in [2.24, 2.45) is 0 Å². The predicted octanol–water partition coefficient (Wildman–Crippen LogP) is 5.28. The fourth-order valence-electron chi connectivity index (χ4n) is 4.27. The summed E-state index contributed by atoms with van der Waals surface area (Å²) < 4.78 is 7.26. The maximum absolute atomic E-state index is 5.21. The summed E-state index contributed by atoms with van der Waals surface area (Å²) in [5.41, 5.74) is 0. The molecular weight excluding hydrogens is 510 g/mol. The van der Waals surface area contributed by atoms with Crippen LogP contribution in [0, 0.1) is 0 Å². The zero-order valence-electron chi connectivity index (χ0n) is 29.6. The van der Waals surface area contributed by atoms with E-state index >= 15 is 0 Å². The number of likely N-dealkylation sites (N-methyl/N-ethyl adjacent to an activating group) is 1. The fourth-order valence-corrected chi connectivity index (χ4v) is 4.27. The van der Waals surface area contributed by atoms with Crippen molar-refractivity contribution in [2.45, 2.75) is 112 Å². The van der Waals surface area contributed by atoms with E-state index in [0.717, 1.165) is 38.4 Å². The number of piperazine rings is 1. The molecule has 0 aromatic carbocycles. The minimum atomic E-state index is 0.539. The highest BCUT2D eigenvalue weighted by Gasteiger charge is 2.15. The molecule has 3 saturated heterocycles. The van der Waals surface area contributed by atoms with Crippen LogP contribution in [0.15, 0.2) is 18.7 Å². The summed E-state index contributed by atoms with van der Waals surface area (Å²) in [5, 5.41) is 0. The van der Waals surface area contributed by atoms with E-state index in [2.05, 4.69) is 124 Å². The Balaban J connectivity index is 0.000000493. The fraction of sp³-hybridized carbons (Fsp3) is 0.909. The molecule has 0 N–H and O–H groups in total. The van der Waals surface area contributed by atoms with Gasteiger partial charge in [-0.3, -0.25) is 9.80 Å². The smallest absolute Gasteiger partial charge is 0.0948 e. The van der Waals surface area contributed by atoms with Gasteiger partial charge in [0.05, 0.1) is 19.5 Å². The lowest BCUT2D eigenvalue weighted by atomic mass is 10.2. The average Bonchev–Trinajstić information content (AvgIpc) is 3.66. The van der Waals surface area contributed by atoms with Crippen molar-refractivity contribution in [2.75, 3.05) is 86.7 Å². The first-order valence-corrected chi connectivity index (χ1v) is 16.4. The molecule has 1 aromatic heterocycles.